The summed E-state index contributed by atoms with van der Waals surface area (Å²) in [6.07, 6.45) is 2.98. The van der Waals surface area contributed by atoms with Gasteiger partial charge in [0.1, 0.15) is 5.75 Å². The molecule has 0 aliphatic carbocycles. The molecule has 4 aromatic rings. The topological polar surface area (TPSA) is 73.2 Å². The zero-order valence-electron chi connectivity index (χ0n) is 16.6. The summed E-state index contributed by atoms with van der Waals surface area (Å²) in [5, 5.41) is 1.01. The molecule has 0 spiro atoms. The lowest BCUT2D eigenvalue weighted by molar-refractivity contribution is -0.112. The number of nitrogens with zero attached hydrogens (tertiary/aromatic N) is 2. The fourth-order valence-electron chi connectivity index (χ4n) is 3.09. The Labute approximate surface area is 183 Å². The van der Waals surface area contributed by atoms with Gasteiger partial charge >= 0.3 is 0 Å². The Bertz CT molecular complexity index is 1340. The van der Waals surface area contributed by atoms with Crippen molar-refractivity contribution < 1.29 is 9.53 Å². The van der Waals surface area contributed by atoms with Gasteiger partial charge in [-0.1, -0.05) is 48.0 Å². The van der Waals surface area contributed by atoms with Gasteiger partial charge in [-0.3, -0.25) is 15.0 Å². The number of amides is 1. The smallest absolute Gasteiger partial charge is 0.280 e. The van der Waals surface area contributed by atoms with Gasteiger partial charge in [-0.2, -0.15) is 4.68 Å². The number of ether oxygens (including phenoxy) is 1. The van der Waals surface area contributed by atoms with Crippen LogP contribution in [0.1, 0.15) is 5.56 Å². The molecule has 1 heterocycles. The number of methoxy groups -OCH3 is 1. The van der Waals surface area contributed by atoms with Crippen molar-refractivity contribution in [1.82, 2.24) is 9.66 Å². The third-order valence-electron chi connectivity index (χ3n) is 4.62. The van der Waals surface area contributed by atoms with Gasteiger partial charge in [0.25, 0.3) is 11.5 Å². The zero-order chi connectivity index (χ0) is 21.8. The third-order valence-corrected chi connectivity index (χ3v) is 4.87. The Hall–Kier alpha value is -3.90. The third kappa shape index (κ3) is 4.49. The Morgan fingerprint density at radius 3 is 2.61 bits per heavy atom. The second-order valence-electron chi connectivity index (χ2n) is 6.69. The number of nitrogens with one attached hydrogen (secondary N) is 1. The molecule has 0 bridgehead atoms. The molecule has 0 aliphatic heterocycles. The molecule has 0 aliphatic rings. The molecule has 31 heavy (non-hydrogen) atoms. The summed E-state index contributed by atoms with van der Waals surface area (Å²) in [5.41, 5.74) is 4.23. The van der Waals surface area contributed by atoms with Crippen LogP contribution in [0.5, 0.6) is 5.75 Å². The quantitative estimate of drug-likeness (QED) is 0.472. The van der Waals surface area contributed by atoms with E-state index in [1.165, 1.54) is 6.08 Å². The largest absolute Gasteiger partial charge is 0.497 e. The SMILES string of the molecule is COc1cccc(-c2nc3ccccc3c(=O)n2NC(=O)C=Cc2ccc(Cl)cc2)c1. The number of aromatic nitrogens is 2. The van der Waals surface area contributed by atoms with Crippen molar-refractivity contribution in [3.63, 3.8) is 0 Å². The van der Waals surface area contributed by atoms with Gasteiger partial charge in [0.15, 0.2) is 5.82 Å². The molecule has 4 rings (SSSR count). The summed E-state index contributed by atoms with van der Waals surface area (Å²) in [6, 6.07) is 21.2. The molecule has 0 saturated heterocycles. The van der Waals surface area contributed by atoms with E-state index in [2.05, 4.69) is 10.4 Å². The minimum absolute atomic E-state index is 0.302. The first-order chi connectivity index (χ1) is 15.0. The lowest BCUT2D eigenvalue weighted by atomic mass is 10.2. The van der Waals surface area contributed by atoms with E-state index in [0.29, 0.717) is 33.1 Å². The van der Waals surface area contributed by atoms with Crippen molar-refractivity contribution in [3.8, 4) is 17.1 Å². The van der Waals surface area contributed by atoms with Crippen LogP contribution in [0, 0.1) is 0 Å². The maximum Gasteiger partial charge on any atom is 0.280 e. The number of hydrogen-bond acceptors (Lipinski definition) is 4. The molecule has 154 valence electrons. The Morgan fingerprint density at radius 1 is 1.06 bits per heavy atom. The highest BCUT2D eigenvalue weighted by Crippen LogP contribution is 2.22. The van der Waals surface area contributed by atoms with Crippen molar-refractivity contribution in [2.45, 2.75) is 0 Å². The molecule has 0 unspecified atom stereocenters. The highest BCUT2D eigenvalue weighted by atomic mass is 35.5. The fraction of sp³-hybridized carbons (Fsp3) is 0.0417. The number of fused-ring (bicyclic) bond motifs is 1. The van der Waals surface area contributed by atoms with Crippen LogP contribution in [0.15, 0.2) is 83.7 Å². The van der Waals surface area contributed by atoms with E-state index in [-0.39, 0.29) is 5.56 Å². The summed E-state index contributed by atoms with van der Waals surface area (Å²) in [5.74, 6) is 0.439. The van der Waals surface area contributed by atoms with Gasteiger partial charge in [0.2, 0.25) is 0 Å². The summed E-state index contributed by atoms with van der Waals surface area (Å²) < 4.78 is 6.45. The molecule has 0 fully saturated rings. The number of para-hydroxylation sites is 1. The van der Waals surface area contributed by atoms with E-state index in [1.807, 2.05) is 6.07 Å². The molecular formula is C24H18ClN3O3. The van der Waals surface area contributed by atoms with Crippen molar-refractivity contribution in [2.24, 2.45) is 0 Å². The van der Waals surface area contributed by atoms with Gasteiger partial charge in [-0.15, -0.1) is 0 Å². The first-order valence-electron chi connectivity index (χ1n) is 9.46. The predicted octanol–water partition coefficient (Wildman–Crippen LogP) is 4.51. The van der Waals surface area contributed by atoms with E-state index in [9.17, 15) is 9.59 Å². The normalized spacial score (nSPS) is 11.0. The van der Waals surface area contributed by atoms with Gasteiger partial charge in [0.05, 0.1) is 18.0 Å². The summed E-state index contributed by atoms with van der Waals surface area (Å²) in [6.45, 7) is 0. The van der Waals surface area contributed by atoms with Crippen LogP contribution in [0.3, 0.4) is 0 Å². The van der Waals surface area contributed by atoms with Crippen molar-refractivity contribution >= 4 is 34.5 Å². The first-order valence-corrected chi connectivity index (χ1v) is 9.84. The Kier molecular flexibility index (Phi) is 5.82. The Balaban J connectivity index is 1.76. The maximum absolute atomic E-state index is 13.2. The molecule has 3 aromatic carbocycles. The monoisotopic (exact) mass is 431 g/mol. The van der Waals surface area contributed by atoms with E-state index in [0.717, 1.165) is 10.2 Å². The number of rotatable bonds is 5. The van der Waals surface area contributed by atoms with E-state index >= 15 is 0 Å². The van der Waals surface area contributed by atoms with Crippen LogP contribution in [-0.2, 0) is 4.79 Å². The predicted molar refractivity (Wildman–Crippen MR) is 123 cm³/mol. The molecule has 1 aromatic heterocycles. The average molecular weight is 432 g/mol. The maximum atomic E-state index is 13.2. The lowest BCUT2D eigenvalue weighted by Crippen LogP contribution is -2.34. The van der Waals surface area contributed by atoms with Gasteiger partial charge in [-0.25, -0.2) is 4.98 Å². The number of carbonyl (C=O) groups is 1. The molecule has 7 heteroatoms. The Morgan fingerprint density at radius 2 is 1.84 bits per heavy atom. The van der Waals surface area contributed by atoms with Crippen molar-refractivity contribution in [2.75, 3.05) is 12.5 Å². The highest BCUT2D eigenvalue weighted by molar-refractivity contribution is 6.30. The van der Waals surface area contributed by atoms with Crippen molar-refractivity contribution in [3.05, 3.63) is 99.8 Å². The number of hydrogen-bond donors (Lipinski definition) is 1. The molecule has 1 N–H and O–H groups in total. The van der Waals surface area contributed by atoms with Gasteiger partial charge in [-0.05, 0) is 48.0 Å². The van der Waals surface area contributed by atoms with Crippen molar-refractivity contribution in [1.29, 1.82) is 0 Å². The molecular weight excluding hydrogens is 414 g/mol. The van der Waals surface area contributed by atoms with Crippen LogP contribution >= 0.6 is 11.6 Å². The highest BCUT2D eigenvalue weighted by Gasteiger charge is 2.14. The lowest BCUT2D eigenvalue weighted by Gasteiger charge is -2.14. The minimum atomic E-state index is -0.474. The van der Waals surface area contributed by atoms with E-state index in [1.54, 1.807) is 79.9 Å². The van der Waals surface area contributed by atoms with Crippen LogP contribution in [-0.4, -0.2) is 22.7 Å². The first kappa shape index (κ1) is 20.4. The molecule has 0 radical (unpaired) electrons. The van der Waals surface area contributed by atoms with Crippen LogP contribution in [0.4, 0.5) is 0 Å². The van der Waals surface area contributed by atoms with E-state index < -0.39 is 5.91 Å². The van der Waals surface area contributed by atoms with E-state index in [4.69, 9.17) is 16.3 Å². The van der Waals surface area contributed by atoms with Crippen LogP contribution in [0.25, 0.3) is 28.4 Å². The zero-order valence-corrected chi connectivity index (χ0v) is 17.3. The second-order valence-corrected chi connectivity index (χ2v) is 7.12. The van der Waals surface area contributed by atoms with Crippen LogP contribution in [0.2, 0.25) is 5.02 Å². The molecule has 1 amide bonds. The summed E-state index contributed by atoms with van der Waals surface area (Å²) >= 11 is 5.89. The summed E-state index contributed by atoms with van der Waals surface area (Å²) in [4.78, 5) is 30.4. The minimum Gasteiger partial charge on any atom is -0.497 e. The molecule has 0 saturated carbocycles. The number of benzene rings is 3. The molecule has 6 nitrogen and oxygen atoms in total. The molecule has 0 atom stereocenters. The second kappa shape index (κ2) is 8.85. The number of halogens is 1. The summed E-state index contributed by atoms with van der Waals surface area (Å²) in [7, 11) is 1.56. The van der Waals surface area contributed by atoms with Crippen LogP contribution < -0.4 is 15.7 Å². The fourth-order valence-corrected chi connectivity index (χ4v) is 3.21. The average Bonchev–Trinajstić information content (AvgIpc) is 2.80. The number of carbonyl (C=O) groups excluding carboxylic acids is 1. The van der Waals surface area contributed by atoms with Gasteiger partial charge in [0, 0.05) is 16.7 Å². The standard InChI is InChI=1S/C24H18ClN3O3/c1-31-19-6-4-5-17(15-19)23-26-21-8-3-2-7-20(21)24(30)28(23)27-22(29)14-11-16-9-12-18(25)13-10-16/h2-15H,1H3,(H,27,29). The van der Waals surface area contributed by atoms with Gasteiger partial charge < -0.3 is 4.74 Å².